The minimum Gasteiger partial charge on any atom is -0.368 e. The van der Waals surface area contributed by atoms with Crippen LogP contribution in [0.5, 0.6) is 0 Å². The van der Waals surface area contributed by atoms with Crippen LogP contribution in [0.2, 0.25) is 0 Å². The number of amides is 1. The molecule has 0 atom stereocenters. The molecule has 160 valence electrons. The molecule has 1 aromatic heterocycles. The Labute approximate surface area is 181 Å². The second-order valence-electron chi connectivity index (χ2n) is 8.97. The van der Waals surface area contributed by atoms with Crippen molar-refractivity contribution in [1.29, 1.82) is 0 Å². The third-order valence-electron chi connectivity index (χ3n) is 6.72. The van der Waals surface area contributed by atoms with Gasteiger partial charge in [0.25, 0.3) is 5.91 Å². The lowest BCUT2D eigenvalue weighted by molar-refractivity contribution is 0.0930. The quantitative estimate of drug-likeness (QED) is 0.688. The van der Waals surface area contributed by atoms with Crippen LogP contribution in [0.3, 0.4) is 0 Å². The van der Waals surface area contributed by atoms with Crippen LogP contribution < -0.4 is 10.2 Å². The largest absolute Gasteiger partial charge is 0.368 e. The minimum absolute atomic E-state index is 0.0963. The van der Waals surface area contributed by atoms with Gasteiger partial charge in [0.1, 0.15) is 5.82 Å². The number of benzene rings is 2. The zero-order valence-corrected chi connectivity index (χ0v) is 18.0. The van der Waals surface area contributed by atoms with E-state index in [1.165, 1.54) is 12.3 Å². The first-order valence-corrected chi connectivity index (χ1v) is 10.6. The van der Waals surface area contributed by atoms with Crippen molar-refractivity contribution in [2.75, 3.05) is 32.1 Å². The summed E-state index contributed by atoms with van der Waals surface area (Å²) in [6.45, 7) is 3.88. The Morgan fingerprint density at radius 3 is 2.52 bits per heavy atom. The van der Waals surface area contributed by atoms with Crippen LogP contribution in [0.1, 0.15) is 34.3 Å². The van der Waals surface area contributed by atoms with Crippen LogP contribution in [0.25, 0.3) is 10.8 Å². The van der Waals surface area contributed by atoms with Crippen LogP contribution in [0.15, 0.2) is 42.7 Å². The molecular formula is C24H26FN5O. The van der Waals surface area contributed by atoms with Gasteiger partial charge in [0, 0.05) is 41.2 Å². The van der Waals surface area contributed by atoms with E-state index in [-0.39, 0.29) is 11.7 Å². The molecule has 1 N–H and O–H groups in total. The lowest BCUT2D eigenvalue weighted by atomic mass is 9.97. The first kappa shape index (κ1) is 19.9. The van der Waals surface area contributed by atoms with Gasteiger partial charge in [0.05, 0.1) is 17.9 Å². The Morgan fingerprint density at radius 2 is 1.84 bits per heavy atom. The maximum absolute atomic E-state index is 14.2. The Kier molecular flexibility index (Phi) is 4.66. The molecule has 0 spiro atoms. The van der Waals surface area contributed by atoms with Crippen LogP contribution in [-0.4, -0.2) is 54.2 Å². The van der Waals surface area contributed by atoms with E-state index in [2.05, 4.69) is 45.5 Å². The summed E-state index contributed by atoms with van der Waals surface area (Å²) in [5.41, 5.74) is 3.11. The summed E-state index contributed by atoms with van der Waals surface area (Å²) in [5, 5.41) is 12.1. The molecule has 2 heterocycles. The molecule has 1 aliphatic heterocycles. The molecule has 0 bridgehead atoms. The number of nitrogens with one attached hydrogen (secondary N) is 1. The lowest BCUT2D eigenvalue weighted by Crippen LogP contribution is -2.57. The van der Waals surface area contributed by atoms with Crippen molar-refractivity contribution in [1.82, 2.24) is 20.4 Å². The summed E-state index contributed by atoms with van der Waals surface area (Å²) >= 11 is 0. The number of hydrogen-bond donors (Lipinski definition) is 1. The number of rotatable bonds is 5. The van der Waals surface area contributed by atoms with Gasteiger partial charge in [-0.2, -0.15) is 10.2 Å². The lowest BCUT2D eigenvalue weighted by Gasteiger charge is -2.44. The van der Waals surface area contributed by atoms with E-state index in [0.717, 1.165) is 42.7 Å². The number of likely N-dealkylation sites (N-methyl/N-ethyl adjacent to an activating group) is 1. The number of nitrogens with zero attached hydrogens (tertiary/aromatic N) is 4. The molecule has 0 unspecified atom stereocenters. The predicted molar refractivity (Wildman–Crippen MR) is 119 cm³/mol. The molecule has 31 heavy (non-hydrogen) atoms. The maximum atomic E-state index is 14.2. The van der Waals surface area contributed by atoms with Gasteiger partial charge in [0.2, 0.25) is 0 Å². The SMILES string of the molecule is Cc1ccc(N2CC(N(C)C)C2)cc1C(=O)NC1(c2ccc(F)c3cnncc23)CC1. The molecule has 1 saturated heterocycles. The molecular weight excluding hydrogens is 393 g/mol. The number of aryl methyl sites for hydroxylation is 1. The Balaban J connectivity index is 1.41. The second-order valence-corrected chi connectivity index (χ2v) is 8.97. The number of anilines is 1. The number of hydrogen-bond acceptors (Lipinski definition) is 5. The molecule has 1 amide bonds. The van der Waals surface area contributed by atoms with Gasteiger partial charge in [-0.3, -0.25) is 4.79 Å². The van der Waals surface area contributed by atoms with Crippen LogP contribution >= 0.6 is 0 Å². The van der Waals surface area contributed by atoms with Crippen molar-refractivity contribution in [3.8, 4) is 0 Å². The van der Waals surface area contributed by atoms with Gasteiger partial charge < -0.3 is 15.1 Å². The van der Waals surface area contributed by atoms with Crippen molar-refractivity contribution in [3.63, 3.8) is 0 Å². The zero-order chi connectivity index (χ0) is 21.8. The summed E-state index contributed by atoms with van der Waals surface area (Å²) < 4.78 is 14.2. The number of halogens is 1. The van der Waals surface area contributed by atoms with Gasteiger partial charge in [-0.1, -0.05) is 12.1 Å². The van der Waals surface area contributed by atoms with E-state index in [1.54, 1.807) is 12.3 Å². The van der Waals surface area contributed by atoms with Crippen molar-refractivity contribution in [2.24, 2.45) is 0 Å². The molecule has 0 radical (unpaired) electrons. The fourth-order valence-corrected chi connectivity index (χ4v) is 4.39. The third-order valence-corrected chi connectivity index (χ3v) is 6.72. The normalized spacial score (nSPS) is 17.6. The van der Waals surface area contributed by atoms with E-state index in [0.29, 0.717) is 22.4 Å². The third kappa shape index (κ3) is 3.43. The Morgan fingerprint density at radius 1 is 1.13 bits per heavy atom. The van der Waals surface area contributed by atoms with Crippen LogP contribution in [-0.2, 0) is 5.54 Å². The van der Waals surface area contributed by atoms with Crippen molar-refractivity contribution >= 4 is 22.4 Å². The van der Waals surface area contributed by atoms with Gasteiger partial charge in [0.15, 0.2) is 0 Å². The smallest absolute Gasteiger partial charge is 0.252 e. The molecule has 2 aliphatic rings. The number of carbonyl (C=O) groups is 1. The minimum atomic E-state index is -0.485. The van der Waals surface area contributed by atoms with E-state index >= 15 is 0 Å². The van der Waals surface area contributed by atoms with Crippen molar-refractivity contribution in [3.05, 3.63) is 65.2 Å². The molecule has 5 rings (SSSR count). The highest BCUT2D eigenvalue weighted by molar-refractivity contribution is 5.98. The van der Waals surface area contributed by atoms with Crippen molar-refractivity contribution < 1.29 is 9.18 Å². The van der Waals surface area contributed by atoms with E-state index in [1.807, 2.05) is 19.1 Å². The maximum Gasteiger partial charge on any atom is 0.252 e. The summed E-state index contributed by atoms with van der Waals surface area (Å²) in [5.74, 6) is -0.425. The number of carbonyl (C=O) groups excluding carboxylic acids is 1. The molecule has 3 aromatic rings. The predicted octanol–water partition coefficient (Wildman–Crippen LogP) is 3.25. The van der Waals surface area contributed by atoms with Crippen molar-refractivity contribution in [2.45, 2.75) is 31.3 Å². The highest BCUT2D eigenvalue weighted by Crippen LogP contribution is 2.48. The first-order chi connectivity index (χ1) is 14.9. The van der Waals surface area contributed by atoms with Gasteiger partial charge in [-0.25, -0.2) is 4.39 Å². The monoisotopic (exact) mass is 419 g/mol. The van der Waals surface area contributed by atoms with E-state index in [9.17, 15) is 9.18 Å². The highest BCUT2D eigenvalue weighted by atomic mass is 19.1. The summed E-state index contributed by atoms with van der Waals surface area (Å²) in [6, 6.07) is 9.83. The highest BCUT2D eigenvalue weighted by Gasteiger charge is 2.47. The molecule has 2 fully saturated rings. The summed E-state index contributed by atoms with van der Waals surface area (Å²) in [6.07, 6.45) is 4.65. The van der Waals surface area contributed by atoms with Gasteiger partial charge in [-0.05, 0) is 63.2 Å². The Hall–Kier alpha value is -3.06. The first-order valence-electron chi connectivity index (χ1n) is 10.6. The number of fused-ring (bicyclic) bond motifs is 1. The fourth-order valence-electron chi connectivity index (χ4n) is 4.39. The average molecular weight is 420 g/mol. The average Bonchev–Trinajstić information content (AvgIpc) is 3.48. The summed E-state index contributed by atoms with van der Waals surface area (Å²) in [4.78, 5) is 17.8. The van der Waals surface area contributed by atoms with Crippen LogP contribution in [0, 0.1) is 12.7 Å². The fraction of sp³-hybridized carbons (Fsp3) is 0.375. The van der Waals surface area contributed by atoms with E-state index < -0.39 is 5.54 Å². The molecule has 1 aliphatic carbocycles. The summed E-state index contributed by atoms with van der Waals surface area (Å²) in [7, 11) is 4.19. The molecule has 6 nitrogen and oxygen atoms in total. The Bertz CT molecular complexity index is 1170. The topological polar surface area (TPSA) is 61.4 Å². The van der Waals surface area contributed by atoms with Gasteiger partial charge in [-0.15, -0.1) is 0 Å². The number of aromatic nitrogens is 2. The molecule has 2 aromatic carbocycles. The zero-order valence-electron chi connectivity index (χ0n) is 18.0. The van der Waals surface area contributed by atoms with Gasteiger partial charge >= 0.3 is 0 Å². The van der Waals surface area contributed by atoms with Crippen LogP contribution in [0.4, 0.5) is 10.1 Å². The molecule has 7 heteroatoms. The molecule has 1 saturated carbocycles. The standard InChI is InChI=1S/C24H26FN5O/c1-15-4-5-16(30-13-17(14-30)29(2)3)10-18(15)23(31)28-24(8-9-24)21-6-7-22(25)20-12-27-26-11-19(20)21/h4-7,10-12,17H,8-9,13-14H2,1-3H3,(H,28,31). The van der Waals surface area contributed by atoms with E-state index in [4.69, 9.17) is 0 Å². The second kappa shape index (κ2) is 7.27.